The quantitative estimate of drug-likeness (QED) is 0.750. The van der Waals surface area contributed by atoms with Gasteiger partial charge in [0.15, 0.2) is 12.4 Å². The van der Waals surface area contributed by atoms with Crippen molar-refractivity contribution in [3.63, 3.8) is 0 Å². The third-order valence-electron chi connectivity index (χ3n) is 2.61. The van der Waals surface area contributed by atoms with Crippen LogP contribution in [0.25, 0.3) is 0 Å². The van der Waals surface area contributed by atoms with Crippen LogP contribution in [0.4, 0.5) is 5.69 Å². The Labute approximate surface area is 107 Å². The predicted molar refractivity (Wildman–Crippen MR) is 67.3 cm³/mol. The monoisotopic (exact) mass is 253 g/mol. The molecular weight excluding hydrogens is 234 g/mol. The smallest absolute Gasteiger partial charge is 0.215 e. The molecule has 0 aromatic carbocycles. The van der Waals surface area contributed by atoms with E-state index in [1.54, 1.807) is 19.2 Å². The lowest BCUT2D eigenvalue weighted by Crippen LogP contribution is -2.19. The molecule has 2 unspecified atom stereocenters. The minimum Gasteiger partial charge on any atom is -0.476 e. The summed E-state index contributed by atoms with van der Waals surface area (Å²) in [6.45, 7) is 1.40. The van der Waals surface area contributed by atoms with Gasteiger partial charge in [0.25, 0.3) is 0 Å². The van der Waals surface area contributed by atoms with Crippen molar-refractivity contribution in [2.24, 2.45) is 0 Å². The first-order chi connectivity index (χ1) is 8.60. The van der Waals surface area contributed by atoms with E-state index >= 15 is 0 Å². The number of epoxide rings is 1. The summed E-state index contributed by atoms with van der Waals surface area (Å²) in [6.07, 6.45) is -0.344. The molecule has 6 heteroatoms. The highest BCUT2D eigenvalue weighted by atomic mass is 16.8. The van der Waals surface area contributed by atoms with Crippen molar-refractivity contribution in [3.8, 4) is 5.88 Å². The third-order valence-corrected chi connectivity index (χ3v) is 2.61. The van der Waals surface area contributed by atoms with Crippen LogP contribution in [0.5, 0.6) is 5.88 Å². The number of aromatic nitrogens is 1. The molecule has 0 saturated carbocycles. The highest BCUT2D eigenvalue weighted by molar-refractivity contribution is 5.43. The van der Waals surface area contributed by atoms with Crippen molar-refractivity contribution in [2.75, 3.05) is 40.1 Å². The highest BCUT2D eigenvalue weighted by Crippen LogP contribution is 2.39. The van der Waals surface area contributed by atoms with Crippen LogP contribution in [0.15, 0.2) is 12.1 Å². The van der Waals surface area contributed by atoms with Gasteiger partial charge in [-0.25, -0.2) is 4.98 Å². The lowest BCUT2D eigenvalue weighted by atomic mass is 10.2. The maximum absolute atomic E-state index is 5.82. The van der Waals surface area contributed by atoms with Gasteiger partial charge < -0.3 is 24.8 Å². The Morgan fingerprint density at radius 3 is 2.83 bits per heavy atom. The maximum atomic E-state index is 5.82. The number of rotatable bonds is 6. The number of nitrogens with zero attached hydrogens (tertiary/aromatic N) is 2. The minimum absolute atomic E-state index is 0.130. The largest absolute Gasteiger partial charge is 0.476 e. The molecule has 0 spiro atoms. The van der Waals surface area contributed by atoms with Crippen molar-refractivity contribution in [1.29, 1.82) is 0 Å². The normalized spacial score (nSPS) is 22.2. The molecule has 0 bridgehead atoms. The van der Waals surface area contributed by atoms with Gasteiger partial charge in [0.05, 0.1) is 5.69 Å². The number of methoxy groups -OCH3 is 1. The van der Waals surface area contributed by atoms with Crippen molar-refractivity contribution >= 4 is 5.69 Å². The number of pyridine rings is 1. The van der Waals surface area contributed by atoms with Gasteiger partial charge in [-0.1, -0.05) is 0 Å². The fraction of sp³-hybridized carbons (Fsp3) is 0.583. The molecule has 1 aromatic rings. The Kier molecular flexibility index (Phi) is 4.00. The molecule has 100 valence electrons. The highest BCUT2D eigenvalue weighted by Gasteiger charge is 2.42. The molecule has 2 atom stereocenters. The summed E-state index contributed by atoms with van der Waals surface area (Å²) in [5.41, 5.74) is 7.18. The van der Waals surface area contributed by atoms with Gasteiger partial charge in [0, 0.05) is 25.4 Å². The van der Waals surface area contributed by atoms with Crippen molar-refractivity contribution < 1.29 is 14.2 Å². The van der Waals surface area contributed by atoms with Crippen LogP contribution in [0.2, 0.25) is 0 Å². The van der Waals surface area contributed by atoms with Crippen molar-refractivity contribution in [2.45, 2.75) is 12.4 Å². The Morgan fingerprint density at radius 1 is 1.44 bits per heavy atom. The Bertz CT molecular complexity index is 412. The molecule has 1 aromatic heterocycles. The number of ether oxygens (including phenoxy) is 3. The molecule has 1 aliphatic rings. The van der Waals surface area contributed by atoms with Crippen molar-refractivity contribution in [1.82, 2.24) is 9.88 Å². The van der Waals surface area contributed by atoms with Crippen LogP contribution in [0, 0.1) is 0 Å². The number of anilines is 1. The number of hydrogen-bond donors (Lipinski definition) is 1. The average Bonchev–Trinajstić information content (AvgIpc) is 3.07. The molecule has 2 rings (SSSR count). The summed E-state index contributed by atoms with van der Waals surface area (Å²) in [4.78, 5) is 6.40. The summed E-state index contributed by atoms with van der Waals surface area (Å²) in [5, 5.41) is 0. The summed E-state index contributed by atoms with van der Waals surface area (Å²) in [5.74, 6) is 0.525. The zero-order chi connectivity index (χ0) is 13.1. The van der Waals surface area contributed by atoms with Crippen LogP contribution in [0.3, 0.4) is 0 Å². The zero-order valence-electron chi connectivity index (χ0n) is 10.9. The summed E-state index contributed by atoms with van der Waals surface area (Å²) in [6, 6.07) is 3.49. The van der Waals surface area contributed by atoms with Crippen LogP contribution < -0.4 is 10.5 Å². The number of nitrogens with two attached hydrogens (primary N) is 1. The minimum atomic E-state index is -0.214. The fourth-order valence-electron chi connectivity index (χ4n) is 1.59. The van der Waals surface area contributed by atoms with E-state index in [-0.39, 0.29) is 12.4 Å². The summed E-state index contributed by atoms with van der Waals surface area (Å²) < 4.78 is 15.9. The number of likely N-dealkylation sites (N-methyl/N-ethyl adjacent to an activating group) is 1. The third kappa shape index (κ3) is 3.32. The van der Waals surface area contributed by atoms with E-state index in [1.807, 2.05) is 19.0 Å². The topological polar surface area (TPSA) is 73.1 Å². The van der Waals surface area contributed by atoms with Crippen LogP contribution in [0.1, 0.15) is 11.8 Å². The zero-order valence-corrected chi connectivity index (χ0v) is 10.9. The SMILES string of the molecule is COC1OC1c1cc(N)cc(OCCN(C)C)n1. The molecule has 0 radical (unpaired) electrons. The van der Waals surface area contributed by atoms with E-state index < -0.39 is 0 Å². The summed E-state index contributed by atoms with van der Waals surface area (Å²) >= 11 is 0. The van der Waals surface area contributed by atoms with Gasteiger partial charge in [-0.3, -0.25) is 0 Å². The molecular formula is C12H19N3O3. The maximum Gasteiger partial charge on any atom is 0.215 e. The average molecular weight is 253 g/mol. The van der Waals surface area contributed by atoms with E-state index in [1.165, 1.54) is 0 Å². The molecule has 2 heterocycles. The van der Waals surface area contributed by atoms with E-state index in [2.05, 4.69) is 4.98 Å². The molecule has 18 heavy (non-hydrogen) atoms. The Balaban J connectivity index is 1.98. The fourth-order valence-corrected chi connectivity index (χ4v) is 1.59. The second kappa shape index (κ2) is 5.51. The van der Waals surface area contributed by atoms with Gasteiger partial charge in [-0.2, -0.15) is 0 Å². The van der Waals surface area contributed by atoms with Gasteiger partial charge in [0.1, 0.15) is 6.61 Å². The van der Waals surface area contributed by atoms with E-state index in [0.717, 1.165) is 12.2 Å². The molecule has 2 N–H and O–H groups in total. The van der Waals surface area contributed by atoms with Gasteiger partial charge in [0.2, 0.25) is 5.88 Å². The Hall–Kier alpha value is -1.37. The standard InChI is InChI=1S/C12H19N3O3/c1-15(2)4-5-17-10-7-8(13)6-9(14-10)11-12(16-3)18-11/h6-7,11-12H,4-5H2,1-3H3,(H2,13,14). The van der Waals surface area contributed by atoms with E-state index in [4.69, 9.17) is 19.9 Å². The van der Waals surface area contributed by atoms with Gasteiger partial charge in [-0.05, 0) is 20.2 Å². The molecule has 6 nitrogen and oxygen atoms in total. The summed E-state index contributed by atoms with van der Waals surface area (Å²) in [7, 11) is 5.58. The lowest BCUT2D eigenvalue weighted by Gasteiger charge is -2.11. The predicted octanol–water partition coefficient (Wildman–Crippen LogP) is 0.648. The molecule has 1 aliphatic heterocycles. The van der Waals surface area contributed by atoms with Crippen molar-refractivity contribution in [3.05, 3.63) is 17.8 Å². The van der Waals surface area contributed by atoms with E-state index in [0.29, 0.717) is 18.2 Å². The Morgan fingerprint density at radius 2 is 2.22 bits per heavy atom. The second-order valence-electron chi connectivity index (χ2n) is 4.48. The molecule has 1 fully saturated rings. The lowest BCUT2D eigenvalue weighted by molar-refractivity contribution is 0.0950. The van der Waals surface area contributed by atoms with Gasteiger partial charge >= 0.3 is 0 Å². The first-order valence-electron chi connectivity index (χ1n) is 5.83. The molecule has 0 aliphatic carbocycles. The molecule has 0 amide bonds. The van der Waals surface area contributed by atoms with Crippen LogP contribution in [-0.2, 0) is 9.47 Å². The van der Waals surface area contributed by atoms with E-state index in [9.17, 15) is 0 Å². The first kappa shape index (κ1) is 13.1. The van der Waals surface area contributed by atoms with Crippen LogP contribution >= 0.6 is 0 Å². The van der Waals surface area contributed by atoms with Crippen LogP contribution in [-0.4, -0.2) is 50.5 Å². The first-order valence-corrected chi connectivity index (χ1v) is 5.83. The second-order valence-corrected chi connectivity index (χ2v) is 4.48. The number of nitrogen functional groups attached to an aromatic ring is 1. The molecule has 1 saturated heterocycles. The number of hydrogen-bond acceptors (Lipinski definition) is 6. The van der Waals surface area contributed by atoms with Gasteiger partial charge in [-0.15, -0.1) is 0 Å².